The summed E-state index contributed by atoms with van der Waals surface area (Å²) in [6, 6.07) is 1.45. The van der Waals surface area contributed by atoms with Gasteiger partial charge in [0.1, 0.15) is 0 Å². The molecule has 1 fully saturated rings. The van der Waals surface area contributed by atoms with Gasteiger partial charge in [-0.25, -0.2) is 0 Å². The lowest BCUT2D eigenvalue weighted by Crippen LogP contribution is -2.39. The molecule has 0 aromatic heterocycles. The van der Waals surface area contributed by atoms with Crippen molar-refractivity contribution in [1.82, 2.24) is 5.32 Å². The van der Waals surface area contributed by atoms with E-state index in [2.05, 4.69) is 39.9 Å². The summed E-state index contributed by atoms with van der Waals surface area (Å²) in [5, 5.41) is 3.64. The Morgan fingerprint density at radius 3 is 2.09 bits per heavy atom. The first-order valence-electron chi connectivity index (χ1n) is 4.67. The Kier molecular flexibility index (Phi) is 2.29. The molecule has 0 heterocycles. The molecule has 0 aromatic carbocycles. The Morgan fingerprint density at radius 2 is 1.82 bits per heavy atom. The monoisotopic (exact) mass is 155 g/mol. The van der Waals surface area contributed by atoms with Gasteiger partial charge in [0.2, 0.25) is 0 Å². The van der Waals surface area contributed by atoms with Crippen molar-refractivity contribution in [2.75, 3.05) is 0 Å². The van der Waals surface area contributed by atoms with E-state index in [4.69, 9.17) is 0 Å². The molecule has 1 heteroatoms. The van der Waals surface area contributed by atoms with Crippen LogP contribution in [0.4, 0.5) is 0 Å². The number of hydrogen-bond acceptors (Lipinski definition) is 1. The quantitative estimate of drug-likeness (QED) is 0.645. The van der Waals surface area contributed by atoms with E-state index in [1.54, 1.807) is 0 Å². The topological polar surface area (TPSA) is 12.0 Å². The van der Waals surface area contributed by atoms with E-state index < -0.39 is 0 Å². The summed E-state index contributed by atoms with van der Waals surface area (Å²) in [4.78, 5) is 0. The molecule has 0 saturated heterocycles. The van der Waals surface area contributed by atoms with E-state index in [1.807, 2.05) is 0 Å². The molecule has 1 aliphatic rings. The van der Waals surface area contributed by atoms with E-state index in [9.17, 15) is 0 Å². The van der Waals surface area contributed by atoms with E-state index in [0.717, 1.165) is 12.0 Å². The average molecular weight is 155 g/mol. The van der Waals surface area contributed by atoms with Gasteiger partial charge in [-0.05, 0) is 24.7 Å². The van der Waals surface area contributed by atoms with Gasteiger partial charge in [0, 0.05) is 12.1 Å². The third-order valence-electron chi connectivity index (χ3n) is 2.87. The van der Waals surface area contributed by atoms with Crippen LogP contribution in [0.1, 0.15) is 41.0 Å². The molecular weight excluding hydrogens is 134 g/mol. The van der Waals surface area contributed by atoms with Crippen molar-refractivity contribution in [3.8, 4) is 0 Å². The fourth-order valence-corrected chi connectivity index (χ4v) is 1.13. The van der Waals surface area contributed by atoms with Crippen LogP contribution in [0, 0.1) is 11.3 Å². The normalized spacial score (nSPS) is 33.5. The third-order valence-corrected chi connectivity index (χ3v) is 2.87. The van der Waals surface area contributed by atoms with Crippen LogP contribution in [-0.2, 0) is 0 Å². The van der Waals surface area contributed by atoms with Crippen LogP contribution in [0.3, 0.4) is 0 Å². The van der Waals surface area contributed by atoms with Gasteiger partial charge >= 0.3 is 0 Å². The van der Waals surface area contributed by atoms with Crippen molar-refractivity contribution in [1.29, 1.82) is 0 Å². The molecule has 0 bridgehead atoms. The van der Waals surface area contributed by atoms with Gasteiger partial charge in [-0.3, -0.25) is 0 Å². The maximum atomic E-state index is 3.64. The molecular formula is C10H21N. The van der Waals surface area contributed by atoms with Crippen LogP contribution in [0.2, 0.25) is 0 Å². The SMILES string of the molecule is CC1CC1NC(C)C(C)(C)C. The second-order valence-corrected chi connectivity index (χ2v) is 5.07. The Labute approximate surface area is 70.6 Å². The molecule has 3 unspecified atom stereocenters. The fraction of sp³-hybridized carbons (Fsp3) is 1.00. The molecule has 1 saturated carbocycles. The minimum Gasteiger partial charge on any atom is -0.311 e. The van der Waals surface area contributed by atoms with Crippen molar-refractivity contribution in [2.24, 2.45) is 11.3 Å². The Morgan fingerprint density at radius 1 is 1.36 bits per heavy atom. The summed E-state index contributed by atoms with van der Waals surface area (Å²) in [5.41, 5.74) is 0.405. The summed E-state index contributed by atoms with van der Waals surface area (Å²) in [6.07, 6.45) is 1.38. The standard InChI is InChI=1S/C10H21N/c1-7-6-9(7)11-8(2)10(3,4)5/h7-9,11H,6H2,1-5H3. The van der Waals surface area contributed by atoms with Crippen molar-refractivity contribution in [3.05, 3.63) is 0 Å². The molecule has 11 heavy (non-hydrogen) atoms. The molecule has 0 aliphatic heterocycles. The summed E-state index contributed by atoms with van der Waals surface area (Å²) in [7, 11) is 0. The first-order chi connectivity index (χ1) is 4.91. The van der Waals surface area contributed by atoms with E-state index >= 15 is 0 Å². The largest absolute Gasteiger partial charge is 0.311 e. The van der Waals surface area contributed by atoms with Crippen LogP contribution in [0.5, 0.6) is 0 Å². The zero-order chi connectivity index (χ0) is 8.65. The summed E-state index contributed by atoms with van der Waals surface area (Å²) in [5.74, 6) is 0.916. The maximum absolute atomic E-state index is 3.64. The molecule has 0 radical (unpaired) electrons. The predicted octanol–water partition coefficient (Wildman–Crippen LogP) is 2.42. The second kappa shape index (κ2) is 2.78. The molecule has 1 nitrogen and oxygen atoms in total. The highest BCUT2D eigenvalue weighted by Gasteiger charge is 2.35. The molecule has 0 aromatic rings. The summed E-state index contributed by atoms with van der Waals surface area (Å²) in [6.45, 7) is 11.5. The van der Waals surface area contributed by atoms with Gasteiger partial charge in [0.25, 0.3) is 0 Å². The average Bonchev–Trinajstić information content (AvgIpc) is 2.44. The molecule has 1 N–H and O–H groups in total. The van der Waals surface area contributed by atoms with Gasteiger partial charge in [-0.1, -0.05) is 27.7 Å². The minimum atomic E-state index is 0.405. The third kappa shape index (κ3) is 2.48. The highest BCUT2D eigenvalue weighted by Crippen LogP contribution is 2.31. The Bertz CT molecular complexity index is 134. The zero-order valence-electron chi connectivity index (χ0n) is 8.44. The van der Waals surface area contributed by atoms with Gasteiger partial charge in [-0.2, -0.15) is 0 Å². The zero-order valence-corrected chi connectivity index (χ0v) is 8.44. The first kappa shape index (κ1) is 9.05. The van der Waals surface area contributed by atoms with Crippen LogP contribution in [-0.4, -0.2) is 12.1 Å². The van der Waals surface area contributed by atoms with Crippen molar-refractivity contribution >= 4 is 0 Å². The van der Waals surface area contributed by atoms with E-state index in [1.165, 1.54) is 6.42 Å². The van der Waals surface area contributed by atoms with Gasteiger partial charge in [0.05, 0.1) is 0 Å². The van der Waals surface area contributed by atoms with Gasteiger partial charge in [-0.15, -0.1) is 0 Å². The van der Waals surface area contributed by atoms with Crippen LogP contribution in [0.25, 0.3) is 0 Å². The molecule has 1 rings (SSSR count). The van der Waals surface area contributed by atoms with Gasteiger partial charge in [0.15, 0.2) is 0 Å². The van der Waals surface area contributed by atoms with Crippen LogP contribution < -0.4 is 5.32 Å². The lowest BCUT2D eigenvalue weighted by molar-refractivity contribution is 0.282. The smallest absolute Gasteiger partial charge is 0.00990 e. The predicted molar refractivity (Wildman–Crippen MR) is 49.6 cm³/mol. The minimum absolute atomic E-state index is 0.405. The molecule has 1 aliphatic carbocycles. The van der Waals surface area contributed by atoms with E-state index in [-0.39, 0.29) is 0 Å². The van der Waals surface area contributed by atoms with Crippen LogP contribution >= 0.6 is 0 Å². The summed E-state index contributed by atoms with van der Waals surface area (Å²) < 4.78 is 0. The Balaban J connectivity index is 2.26. The number of hydrogen-bond donors (Lipinski definition) is 1. The highest BCUT2D eigenvalue weighted by atomic mass is 15.0. The number of rotatable bonds is 2. The Hall–Kier alpha value is -0.0400. The molecule has 3 atom stereocenters. The van der Waals surface area contributed by atoms with Crippen molar-refractivity contribution < 1.29 is 0 Å². The van der Waals surface area contributed by atoms with E-state index in [0.29, 0.717) is 11.5 Å². The fourth-order valence-electron chi connectivity index (χ4n) is 1.13. The van der Waals surface area contributed by atoms with Crippen molar-refractivity contribution in [3.63, 3.8) is 0 Å². The highest BCUT2D eigenvalue weighted by molar-refractivity contribution is 4.93. The molecule has 66 valence electrons. The van der Waals surface area contributed by atoms with Crippen LogP contribution in [0.15, 0.2) is 0 Å². The lowest BCUT2D eigenvalue weighted by Gasteiger charge is -2.28. The molecule has 0 amide bonds. The molecule has 0 spiro atoms. The lowest BCUT2D eigenvalue weighted by atomic mass is 9.88. The number of nitrogens with one attached hydrogen (secondary N) is 1. The summed E-state index contributed by atoms with van der Waals surface area (Å²) >= 11 is 0. The van der Waals surface area contributed by atoms with Crippen molar-refractivity contribution in [2.45, 2.75) is 53.1 Å². The first-order valence-corrected chi connectivity index (χ1v) is 4.67. The second-order valence-electron chi connectivity index (χ2n) is 5.07. The maximum Gasteiger partial charge on any atom is 0.00990 e. The van der Waals surface area contributed by atoms with Gasteiger partial charge < -0.3 is 5.32 Å².